The van der Waals surface area contributed by atoms with E-state index >= 15 is 0 Å². The predicted molar refractivity (Wildman–Crippen MR) is 83.4 cm³/mol. The zero-order valence-electron chi connectivity index (χ0n) is 12.3. The highest BCUT2D eigenvalue weighted by molar-refractivity contribution is 7.91. The molecule has 0 saturated carbocycles. The molecule has 2 aliphatic heterocycles. The normalized spacial score (nSPS) is 30.8. The number of likely N-dealkylation sites (tertiary alicyclic amines) is 1. The van der Waals surface area contributed by atoms with E-state index in [2.05, 4.69) is 40.0 Å². The Kier molecular flexibility index (Phi) is 4.31. The van der Waals surface area contributed by atoms with Gasteiger partial charge in [0.1, 0.15) is 0 Å². The van der Waals surface area contributed by atoms with Crippen LogP contribution in [0, 0.1) is 0 Å². The molecule has 5 nitrogen and oxygen atoms in total. The molecule has 116 valence electrons. The third-order valence-corrected chi connectivity index (χ3v) is 6.14. The van der Waals surface area contributed by atoms with Gasteiger partial charge >= 0.3 is 0 Å². The first kappa shape index (κ1) is 15.0. The third kappa shape index (κ3) is 3.29. The summed E-state index contributed by atoms with van der Waals surface area (Å²) in [7, 11) is -3.04. The van der Waals surface area contributed by atoms with Crippen LogP contribution in [0.4, 0.5) is 0 Å². The van der Waals surface area contributed by atoms with Gasteiger partial charge < -0.3 is 0 Å². The number of hydrogen-bond acceptors (Lipinski definition) is 5. The number of nitrogens with one attached hydrogen (secondary N) is 2. The maximum Gasteiger partial charge on any atom is 0.153 e. The Morgan fingerprint density at radius 3 is 2.76 bits per heavy atom. The van der Waals surface area contributed by atoms with Crippen LogP contribution in [0.15, 0.2) is 30.3 Å². The lowest BCUT2D eigenvalue weighted by atomic mass is 10.0. The predicted octanol–water partition coefficient (Wildman–Crippen LogP) is 0.541. The number of hydrogen-bond donors (Lipinski definition) is 2. The van der Waals surface area contributed by atoms with Gasteiger partial charge in [-0.3, -0.25) is 15.8 Å². The molecule has 1 aromatic carbocycles. The van der Waals surface area contributed by atoms with E-state index < -0.39 is 9.84 Å². The molecule has 2 fully saturated rings. The molecule has 2 N–H and O–H groups in total. The molecule has 6 heteroatoms. The summed E-state index contributed by atoms with van der Waals surface area (Å²) >= 11 is 0. The summed E-state index contributed by atoms with van der Waals surface area (Å²) in [6.07, 6.45) is 3.53. The van der Waals surface area contributed by atoms with Crippen molar-refractivity contribution in [2.45, 2.75) is 36.7 Å². The summed E-state index contributed by atoms with van der Waals surface area (Å²) in [5, 5.41) is -0.334. The summed E-state index contributed by atoms with van der Waals surface area (Å²) < 4.78 is 23.9. The van der Waals surface area contributed by atoms with Crippen LogP contribution >= 0.6 is 0 Å². The lowest BCUT2D eigenvalue weighted by Gasteiger charge is -2.31. The number of benzene rings is 1. The second-order valence-electron chi connectivity index (χ2n) is 6.08. The lowest BCUT2D eigenvalue weighted by molar-refractivity contribution is 0.204. The summed E-state index contributed by atoms with van der Waals surface area (Å²) in [6.45, 7) is 2.42. The Balaban J connectivity index is 1.75. The molecule has 2 aliphatic rings. The van der Waals surface area contributed by atoms with Crippen molar-refractivity contribution < 1.29 is 8.42 Å². The van der Waals surface area contributed by atoms with Crippen molar-refractivity contribution in [2.24, 2.45) is 0 Å². The topological polar surface area (TPSA) is 61.4 Å². The second-order valence-corrected chi connectivity index (χ2v) is 8.35. The second kappa shape index (κ2) is 6.04. The Morgan fingerprint density at radius 1 is 1.29 bits per heavy atom. The highest BCUT2D eigenvalue weighted by atomic mass is 32.2. The molecule has 21 heavy (non-hydrogen) atoms. The van der Waals surface area contributed by atoms with Crippen LogP contribution in [0.5, 0.6) is 0 Å². The fraction of sp³-hybridized carbons (Fsp3) is 0.600. The highest BCUT2D eigenvalue weighted by Crippen LogP contribution is 2.27. The molecule has 0 amide bonds. The SMILES string of the molecule is CS(=O)(=O)C1CNNC1C1CCCN1Cc1ccccc1. The molecular formula is C15H23N3O2S. The van der Waals surface area contributed by atoms with Crippen LogP contribution in [0.1, 0.15) is 18.4 Å². The van der Waals surface area contributed by atoms with Gasteiger partial charge in [0.25, 0.3) is 0 Å². The van der Waals surface area contributed by atoms with E-state index in [1.807, 2.05) is 6.07 Å². The van der Waals surface area contributed by atoms with Gasteiger partial charge in [-0.2, -0.15) is 0 Å². The minimum Gasteiger partial charge on any atom is -0.294 e. The molecule has 3 atom stereocenters. The summed E-state index contributed by atoms with van der Waals surface area (Å²) in [4.78, 5) is 2.41. The molecule has 2 heterocycles. The molecule has 3 rings (SSSR count). The van der Waals surface area contributed by atoms with Crippen LogP contribution in [0.2, 0.25) is 0 Å². The number of nitrogens with zero attached hydrogens (tertiary/aromatic N) is 1. The first-order valence-electron chi connectivity index (χ1n) is 7.51. The standard InChI is InChI=1S/C15H23N3O2S/c1-21(19,20)14-10-16-17-15(14)13-8-5-9-18(13)11-12-6-3-2-4-7-12/h2-4,6-7,13-17H,5,8-11H2,1H3. The monoisotopic (exact) mass is 309 g/mol. The fourth-order valence-corrected chi connectivity index (χ4v) is 4.70. The van der Waals surface area contributed by atoms with E-state index in [4.69, 9.17) is 0 Å². The molecule has 3 unspecified atom stereocenters. The zero-order chi connectivity index (χ0) is 14.9. The van der Waals surface area contributed by atoms with Crippen LogP contribution in [0.25, 0.3) is 0 Å². The molecule has 2 saturated heterocycles. The van der Waals surface area contributed by atoms with Gasteiger partial charge in [0.15, 0.2) is 9.84 Å². The van der Waals surface area contributed by atoms with Crippen molar-refractivity contribution in [3.8, 4) is 0 Å². The lowest BCUT2D eigenvalue weighted by Crippen LogP contribution is -2.51. The molecular weight excluding hydrogens is 286 g/mol. The average Bonchev–Trinajstić information content (AvgIpc) is 3.07. The Bertz CT molecular complexity index is 576. The summed E-state index contributed by atoms with van der Waals surface area (Å²) in [5.41, 5.74) is 7.52. The van der Waals surface area contributed by atoms with Crippen molar-refractivity contribution in [3.63, 3.8) is 0 Å². The molecule has 0 spiro atoms. The van der Waals surface area contributed by atoms with E-state index in [-0.39, 0.29) is 17.3 Å². The largest absolute Gasteiger partial charge is 0.294 e. The van der Waals surface area contributed by atoms with Crippen LogP contribution in [-0.2, 0) is 16.4 Å². The van der Waals surface area contributed by atoms with Crippen LogP contribution in [-0.4, -0.2) is 50.0 Å². The van der Waals surface area contributed by atoms with E-state index in [1.54, 1.807) is 0 Å². The quantitative estimate of drug-likeness (QED) is 0.850. The van der Waals surface area contributed by atoms with Crippen LogP contribution < -0.4 is 10.9 Å². The fourth-order valence-electron chi connectivity index (χ4n) is 3.53. The van der Waals surface area contributed by atoms with Gasteiger partial charge in [0, 0.05) is 25.4 Å². The van der Waals surface area contributed by atoms with Crippen molar-refractivity contribution in [3.05, 3.63) is 35.9 Å². The first-order valence-corrected chi connectivity index (χ1v) is 9.46. The number of sulfone groups is 1. The number of hydrazine groups is 1. The van der Waals surface area contributed by atoms with Crippen molar-refractivity contribution in [1.82, 2.24) is 15.8 Å². The highest BCUT2D eigenvalue weighted by Gasteiger charge is 2.43. The molecule has 0 radical (unpaired) electrons. The zero-order valence-corrected chi connectivity index (χ0v) is 13.1. The summed E-state index contributed by atoms with van der Waals surface area (Å²) in [6, 6.07) is 10.6. The van der Waals surface area contributed by atoms with Gasteiger partial charge in [0.05, 0.1) is 11.3 Å². The van der Waals surface area contributed by atoms with Crippen molar-refractivity contribution >= 4 is 9.84 Å². The smallest absolute Gasteiger partial charge is 0.153 e. The maximum atomic E-state index is 12.0. The van der Waals surface area contributed by atoms with Gasteiger partial charge in [0.2, 0.25) is 0 Å². The molecule has 0 aliphatic carbocycles. The summed E-state index contributed by atoms with van der Waals surface area (Å²) in [5.74, 6) is 0. The van der Waals surface area contributed by atoms with Crippen molar-refractivity contribution in [1.29, 1.82) is 0 Å². The van der Waals surface area contributed by atoms with E-state index in [0.29, 0.717) is 6.54 Å². The van der Waals surface area contributed by atoms with Gasteiger partial charge in [-0.05, 0) is 24.9 Å². The van der Waals surface area contributed by atoms with E-state index in [9.17, 15) is 8.42 Å². The average molecular weight is 309 g/mol. The van der Waals surface area contributed by atoms with E-state index in [0.717, 1.165) is 25.9 Å². The minimum atomic E-state index is -3.04. The number of rotatable bonds is 4. The maximum absolute atomic E-state index is 12.0. The Hall–Kier alpha value is -0.950. The first-order chi connectivity index (χ1) is 10.1. The molecule has 0 aromatic heterocycles. The van der Waals surface area contributed by atoms with Gasteiger partial charge in [-0.25, -0.2) is 8.42 Å². The van der Waals surface area contributed by atoms with Gasteiger partial charge in [-0.1, -0.05) is 30.3 Å². The Morgan fingerprint density at radius 2 is 2.05 bits per heavy atom. The van der Waals surface area contributed by atoms with Crippen LogP contribution in [0.3, 0.4) is 0 Å². The third-order valence-electron chi connectivity index (χ3n) is 4.58. The molecule has 1 aromatic rings. The minimum absolute atomic E-state index is 0.0220. The van der Waals surface area contributed by atoms with Gasteiger partial charge in [-0.15, -0.1) is 0 Å². The molecule has 0 bridgehead atoms. The van der Waals surface area contributed by atoms with E-state index in [1.165, 1.54) is 11.8 Å². The Labute approximate surface area is 126 Å². The van der Waals surface area contributed by atoms with Crippen molar-refractivity contribution in [2.75, 3.05) is 19.3 Å².